The second kappa shape index (κ2) is 6.84. The van der Waals surface area contributed by atoms with Crippen LogP contribution in [0.4, 0.5) is 0 Å². The van der Waals surface area contributed by atoms with Gasteiger partial charge in [-0.15, -0.1) is 0 Å². The average Bonchev–Trinajstić information content (AvgIpc) is 3.17. The Morgan fingerprint density at radius 2 is 1.81 bits per heavy atom. The number of aromatic nitrogens is 2. The Morgan fingerprint density at radius 3 is 2.33 bits per heavy atom. The summed E-state index contributed by atoms with van der Waals surface area (Å²) < 4.78 is 5.76. The normalized spacial score (nSPS) is 21.9. The van der Waals surface area contributed by atoms with E-state index in [2.05, 4.69) is 19.2 Å². The summed E-state index contributed by atoms with van der Waals surface area (Å²) in [5, 5.41) is 3.60. The maximum absolute atomic E-state index is 5.76. The summed E-state index contributed by atoms with van der Waals surface area (Å²) in [4.78, 5) is 9.66. The van der Waals surface area contributed by atoms with E-state index < -0.39 is 0 Å². The van der Waals surface area contributed by atoms with Crippen molar-refractivity contribution < 1.29 is 4.74 Å². The second-order valence-electron chi connectivity index (χ2n) is 6.14. The molecule has 1 aromatic heterocycles. The van der Waals surface area contributed by atoms with Gasteiger partial charge in [0.2, 0.25) is 0 Å². The molecule has 0 radical (unpaired) electrons. The van der Waals surface area contributed by atoms with Crippen LogP contribution in [0.5, 0.6) is 0 Å². The SMILES string of the molecule is CCc1nc(C2CCCO2)nc(CC)c1CCNC1CC1. The zero-order chi connectivity index (χ0) is 14.7. The van der Waals surface area contributed by atoms with Crippen LogP contribution in [-0.2, 0) is 24.0 Å². The third kappa shape index (κ3) is 3.61. The molecule has 1 aromatic rings. The minimum absolute atomic E-state index is 0.124. The third-order valence-corrected chi connectivity index (χ3v) is 4.47. The van der Waals surface area contributed by atoms with Crippen LogP contribution in [0, 0.1) is 0 Å². The molecule has 2 aliphatic rings. The molecule has 2 heterocycles. The highest BCUT2D eigenvalue weighted by Crippen LogP contribution is 2.28. The highest BCUT2D eigenvalue weighted by molar-refractivity contribution is 5.27. The molecule has 1 aliphatic heterocycles. The Bertz CT molecular complexity index is 454. The first kappa shape index (κ1) is 14.9. The van der Waals surface area contributed by atoms with Gasteiger partial charge in [-0.25, -0.2) is 9.97 Å². The lowest BCUT2D eigenvalue weighted by atomic mass is 10.0. The van der Waals surface area contributed by atoms with Gasteiger partial charge in [0.1, 0.15) is 6.10 Å². The summed E-state index contributed by atoms with van der Waals surface area (Å²) in [6.45, 7) is 6.29. The molecule has 1 unspecified atom stereocenters. The van der Waals surface area contributed by atoms with E-state index in [-0.39, 0.29) is 6.10 Å². The van der Waals surface area contributed by atoms with Crippen LogP contribution >= 0.6 is 0 Å². The number of nitrogens with zero attached hydrogens (tertiary/aromatic N) is 2. The van der Waals surface area contributed by atoms with Crippen molar-refractivity contribution in [1.82, 2.24) is 15.3 Å². The maximum Gasteiger partial charge on any atom is 0.157 e. The fourth-order valence-corrected chi connectivity index (χ4v) is 3.09. The Kier molecular flexibility index (Phi) is 4.86. The van der Waals surface area contributed by atoms with E-state index in [0.29, 0.717) is 0 Å². The van der Waals surface area contributed by atoms with Gasteiger partial charge in [0.05, 0.1) is 0 Å². The van der Waals surface area contributed by atoms with E-state index in [0.717, 1.165) is 57.1 Å². The van der Waals surface area contributed by atoms with E-state index in [1.54, 1.807) is 0 Å². The Balaban J connectivity index is 1.78. The largest absolute Gasteiger partial charge is 0.370 e. The van der Waals surface area contributed by atoms with Crippen molar-refractivity contribution in [2.24, 2.45) is 0 Å². The minimum atomic E-state index is 0.124. The summed E-state index contributed by atoms with van der Waals surface area (Å²) in [6.07, 6.45) is 8.01. The predicted octanol–water partition coefficient (Wildman–Crippen LogP) is 2.75. The molecule has 4 heteroatoms. The van der Waals surface area contributed by atoms with Crippen molar-refractivity contribution in [3.8, 4) is 0 Å². The van der Waals surface area contributed by atoms with Crippen LogP contribution in [0.3, 0.4) is 0 Å². The quantitative estimate of drug-likeness (QED) is 0.838. The molecule has 1 saturated heterocycles. The summed E-state index contributed by atoms with van der Waals surface area (Å²) in [6, 6.07) is 0.771. The molecule has 0 spiro atoms. The van der Waals surface area contributed by atoms with Gasteiger partial charge in [-0.1, -0.05) is 13.8 Å². The first-order valence-corrected chi connectivity index (χ1v) is 8.55. The van der Waals surface area contributed by atoms with Gasteiger partial charge in [-0.05, 0) is 57.1 Å². The van der Waals surface area contributed by atoms with Crippen molar-refractivity contribution in [2.75, 3.05) is 13.2 Å². The van der Waals surface area contributed by atoms with Crippen molar-refractivity contribution >= 4 is 0 Å². The molecule has 1 N–H and O–H groups in total. The summed E-state index contributed by atoms with van der Waals surface area (Å²) >= 11 is 0. The molecular formula is C17H27N3O. The van der Waals surface area contributed by atoms with Gasteiger partial charge in [0.15, 0.2) is 5.82 Å². The monoisotopic (exact) mass is 289 g/mol. The summed E-state index contributed by atoms with van der Waals surface area (Å²) in [5.74, 6) is 0.917. The fraction of sp³-hybridized carbons (Fsp3) is 0.765. The van der Waals surface area contributed by atoms with Crippen LogP contribution in [0.15, 0.2) is 0 Å². The molecule has 0 aromatic carbocycles. The number of hydrogen-bond donors (Lipinski definition) is 1. The second-order valence-corrected chi connectivity index (χ2v) is 6.14. The molecule has 0 bridgehead atoms. The fourth-order valence-electron chi connectivity index (χ4n) is 3.09. The van der Waals surface area contributed by atoms with Gasteiger partial charge in [-0.2, -0.15) is 0 Å². The average molecular weight is 289 g/mol. The lowest BCUT2D eigenvalue weighted by Gasteiger charge is -2.16. The molecule has 1 aliphatic carbocycles. The van der Waals surface area contributed by atoms with Gasteiger partial charge in [-0.3, -0.25) is 0 Å². The summed E-state index contributed by atoms with van der Waals surface area (Å²) in [5.41, 5.74) is 3.82. The lowest BCUT2D eigenvalue weighted by molar-refractivity contribution is 0.104. The Hall–Kier alpha value is -1.00. The molecule has 1 saturated carbocycles. The van der Waals surface area contributed by atoms with Crippen LogP contribution in [0.2, 0.25) is 0 Å². The zero-order valence-electron chi connectivity index (χ0n) is 13.3. The van der Waals surface area contributed by atoms with E-state index in [4.69, 9.17) is 14.7 Å². The van der Waals surface area contributed by atoms with E-state index >= 15 is 0 Å². The molecule has 4 nitrogen and oxygen atoms in total. The molecule has 3 rings (SSSR count). The molecular weight excluding hydrogens is 262 g/mol. The zero-order valence-corrected chi connectivity index (χ0v) is 13.3. The van der Waals surface area contributed by atoms with Crippen molar-refractivity contribution in [3.63, 3.8) is 0 Å². The smallest absolute Gasteiger partial charge is 0.157 e. The van der Waals surface area contributed by atoms with Gasteiger partial charge >= 0.3 is 0 Å². The van der Waals surface area contributed by atoms with Gasteiger partial charge in [0.25, 0.3) is 0 Å². The molecule has 116 valence electrons. The molecule has 1 atom stereocenters. The van der Waals surface area contributed by atoms with Crippen LogP contribution in [0.25, 0.3) is 0 Å². The minimum Gasteiger partial charge on any atom is -0.370 e. The maximum atomic E-state index is 5.76. The van der Waals surface area contributed by atoms with Crippen LogP contribution < -0.4 is 5.32 Å². The summed E-state index contributed by atoms with van der Waals surface area (Å²) in [7, 11) is 0. The first-order valence-electron chi connectivity index (χ1n) is 8.55. The number of aryl methyl sites for hydroxylation is 2. The van der Waals surface area contributed by atoms with Gasteiger partial charge in [0, 0.05) is 24.0 Å². The van der Waals surface area contributed by atoms with E-state index in [1.165, 1.54) is 29.8 Å². The predicted molar refractivity (Wildman–Crippen MR) is 83.4 cm³/mol. The van der Waals surface area contributed by atoms with Crippen molar-refractivity contribution in [1.29, 1.82) is 0 Å². The number of rotatable bonds is 7. The van der Waals surface area contributed by atoms with E-state index in [9.17, 15) is 0 Å². The third-order valence-electron chi connectivity index (χ3n) is 4.47. The van der Waals surface area contributed by atoms with Crippen LogP contribution in [0.1, 0.15) is 68.4 Å². The first-order chi connectivity index (χ1) is 10.3. The number of nitrogens with one attached hydrogen (secondary N) is 1. The van der Waals surface area contributed by atoms with Crippen molar-refractivity contribution in [2.45, 2.75) is 70.9 Å². The molecule has 0 amide bonds. The van der Waals surface area contributed by atoms with Gasteiger partial charge < -0.3 is 10.1 Å². The van der Waals surface area contributed by atoms with Crippen LogP contribution in [-0.4, -0.2) is 29.2 Å². The van der Waals surface area contributed by atoms with E-state index in [1.807, 2.05) is 0 Å². The molecule has 21 heavy (non-hydrogen) atoms. The Morgan fingerprint density at radius 1 is 1.10 bits per heavy atom. The highest BCUT2D eigenvalue weighted by Gasteiger charge is 2.24. The number of ether oxygens (including phenoxy) is 1. The molecule has 2 fully saturated rings. The topological polar surface area (TPSA) is 47.0 Å². The standard InChI is InChI=1S/C17H27N3O/c1-3-14-13(9-10-18-12-7-8-12)15(4-2)20-17(19-14)16-6-5-11-21-16/h12,16,18H,3-11H2,1-2H3. The lowest BCUT2D eigenvalue weighted by Crippen LogP contribution is -2.21. The Labute approximate surface area is 127 Å². The van der Waals surface area contributed by atoms with Crippen molar-refractivity contribution in [3.05, 3.63) is 22.8 Å². The number of hydrogen-bond acceptors (Lipinski definition) is 4. The highest BCUT2D eigenvalue weighted by atomic mass is 16.5.